The highest BCUT2D eigenvalue weighted by atomic mass is 19.4. The molecule has 2 heterocycles. The predicted molar refractivity (Wildman–Crippen MR) is 127 cm³/mol. The fourth-order valence-electron chi connectivity index (χ4n) is 4.76. The van der Waals surface area contributed by atoms with E-state index in [0.29, 0.717) is 25.0 Å². The largest absolute Gasteiger partial charge is 0.447 e. The van der Waals surface area contributed by atoms with E-state index >= 15 is 0 Å². The lowest BCUT2D eigenvalue weighted by Gasteiger charge is -2.46. The molecule has 0 N–H and O–H groups in total. The summed E-state index contributed by atoms with van der Waals surface area (Å²) in [7, 11) is 1.40. The van der Waals surface area contributed by atoms with Crippen LogP contribution in [0.15, 0.2) is 18.2 Å². The van der Waals surface area contributed by atoms with Crippen molar-refractivity contribution >= 4 is 17.9 Å². The zero-order valence-electron chi connectivity index (χ0n) is 22.0. The van der Waals surface area contributed by atoms with Crippen LogP contribution < -0.4 is 4.90 Å². The highest BCUT2D eigenvalue weighted by Crippen LogP contribution is 2.38. The Labute approximate surface area is 221 Å². The summed E-state index contributed by atoms with van der Waals surface area (Å²) in [6.45, 7) is 7.06. The van der Waals surface area contributed by atoms with Crippen LogP contribution in [0.2, 0.25) is 0 Å². The SMILES string of the molecule is CC[C@@H]1C[C@H](N(C(=O)c2cc(C(F)(F)F)cc(C(F)(F)F)c2)c2nnn(C)n2)C[C@H](CC)N1C(=O)OC(C)C. The predicted octanol–water partition coefficient (Wildman–Crippen LogP) is 5.46. The van der Waals surface area contributed by atoms with Crippen molar-refractivity contribution in [1.82, 2.24) is 25.1 Å². The number of hydrogen-bond acceptors (Lipinski definition) is 6. The number of carbonyl (C=O) groups excluding carboxylic acids is 2. The Bertz CT molecular complexity index is 1140. The van der Waals surface area contributed by atoms with Crippen LogP contribution in [0.1, 0.15) is 74.9 Å². The number of hydrogen-bond donors (Lipinski definition) is 0. The number of halogens is 6. The Morgan fingerprint density at radius 3 is 1.90 bits per heavy atom. The van der Waals surface area contributed by atoms with Gasteiger partial charge < -0.3 is 9.64 Å². The van der Waals surface area contributed by atoms with Gasteiger partial charge in [0.05, 0.1) is 24.3 Å². The van der Waals surface area contributed by atoms with Crippen LogP contribution in [0, 0.1) is 0 Å². The van der Waals surface area contributed by atoms with Crippen molar-refractivity contribution in [3.8, 4) is 0 Å². The number of benzene rings is 1. The molecule has 3 atom stereocenters. The smallest absolute Gasteiger partial charge is 0.416 e. The number of aryl methyl sites for hydroxylation is 1. The van der Waals surface area contributed by atoms with Gasteiger partial charge >= 0.3 is 18.4 Å². The molecule has 0 bridgehead atoms. The van der Waals surface area contributed by atoms with Gasteiger partial charge in [-0.2, -0.15) is 31.1 Å². The zero-order chi connectivity index (χ0) is 29.3. The minimum absolute atomic E-state index is 0.0409. The van der Waals surface area contributed by atoms with E-state index in [1.807, 2.05) is 13.8 Å². The molecule has 216 valence electrons. The molecule has 15 heteroatoms. The highest BCUT2D eigenvalue weighted by Gasteiger charge is 2.44. The van der Waals surface area contributed by atoms with Crippen LogP contribution in [-0.2, 0) is 24.1 Å². The first-order valence-corrected chi connectivity index (χ1v) is 12.4. The molecule has 1 aliphatic rings. The lowest BCUT2D eigenvalue weighted by molar-refractivity contribution is -0.143. The molecule has 2 amide bonds. The fraction of sp³-hybridized carbons (Fsp3) is 0.625. The van der Waals surface area contributed by atoms with Crippen molar-refractivity contribution < 1.29 is 40.7 Å². The lowest BCUT2D eigenvalue weighted by Crippen LogP contribution is -2.58. The Hall–Kier alpha value is -3.39. The van der Waals surface area contributed by atoms with Gasteiger partial charge in [0.25, 0.3) is 11.9 Å². The molecular formula is C24H30F6N6O3. The summed E-state index contributed by atoms with van der Waals surface area (Å²) in [5.74, 6) is -1.42. The third-order valence-electron chi connectivity index (χ3n) is 6.50. The monoisotopic (exact) mass is 564 g/mol. The fourth-order valence-corrected chi connectivity index (χ4v) is 4.76. The number of likely N-dealkylation sites (tertiary alicyclic amines) is 1. The second kappa shape index (κ2) is 11.4. The third-order valence-corrected chi connectivity index (χ3v) is 6.50. The standard InChI is InChI=1S/C24H30F6N6O3/c1-6-17-11-19(12-18(7-2)35(17)22(38)39-13(3)4)36(21-31-33-34(5)32-21)20(37)14-8-15(23(25,26)27)10-16(9-14)24(28,29)30/h8-10,13,17-19H,6-7,11-12H2,1-5H3/t17-,18+,19+. The summed E-state index contributed by atoms with van der Waals surface area (Å²) in [4.78, 5) is 30.2. The zero-order valence-corrected chi connectivity index (χ0v) is 22.0. The van der Waals surface area contributed by atoms with Crippen LogP contribution >= 0.6 is 0 Å². The molecule has 1 aromatic carbocycles. The molecule has 3 rings (SSSR count). The number of rotatable bonds is 6. The molecule has 1 aromatic heterocycles. The lowest BCUT2D eigenvalue weighted by atomic mass is 9.87. The first-order valence-electron chi connectivity index (χ1n) is 12.4. The van der Waals surface area contributed by atoms with Crippen molar-refractivity contribution in [2.75, 3.05) is 4.90 Å². The van der Waals surface area contributed by atoms with E-state index in [0.717, 1.165) is 9.70 Å². The summed E-state index contributed by atoms with van der Waals surface area (Å²) < 4.78 is 86.4. The van der Waals surface area contributed by atoms with Crippen molar-refractivity contribution in [1.29, 1.82) is 0 Å². The van der Waals surface area contributed by atoms with Gasteiger partial charge in [0.2, 0.25) is 0 Å². The number of carbonyl (C=O) groups is 2. The van der Waals surface area contributed by atoms with Gasteiger partial charge in [0.15, 0.2) is 0 Å². The van der Waals surface area contributed by atoms with Gasteiger partial charge in [-0.05, 0) is 62.9 Å². The molecule has 2 aromatic rings. The molecule has 0 aliphatic carbocycles. The van der Waals surface area contributed by atoms with Gasteiger partial charge in [0.1, 0.15) is 0 Å². The summed E-state index contributed by atoms with van der Waals surface area (Å²) in [5.41, 5.74) is -4.05. The molecule has 0 unspecified atom stereocenters. The van der Waals surface area contributed by atoms with Crippen molar-refractivity contribution in [3.05, 3.63) is 34.9 Å². The third kappa shape index (κ3) is 6.79. The number of amides is 2. The first-order chi connectivity index (χ1) is 18.1. The number of tetrazole rings is 1. The topological polar surface area (TPSA) is 93.5 Å². The van der Waals surface area contributed by atoms with Crippen LogP contribution in [0.4, 0.5) is 37.1 Å². The molecule has 39 heavy (non-hydrogen) atoms. The van der Waals surface area contributed by atoms with Gasteiger partial charge in [-0.3, -0.25) is 9.69 Å². The second-order valence-corrected chi connectivity index (χ2v) is 9.64. The maximum Gasteiger partial charge on any atom is 0.416 e. The number of anilines is 1. The Balaban J connectivity index is 2.10. The normalized spacial score (nSPS) is 20.3. The van der Waals surface area contributed by atoms with E-state index in [1.165, 1.54) is 7.05 Å². The minimum Gasteiger partial charge on any atom is -0.447 e. The summed E-state index contributed by atoms with van der Waals surface area (Å²) in [5, 5.41) is 11.5. The van der Waals surface area contributed by atoms with E-state index in [4.69, 9.17) is 4.74 Å². The van der Waals surface area contributed by atoms with Gasteiger partial charge in [0, 0.05) is 23.7 Å². The van der Waals surface area contributed by atoms with Crippen molar-refractivity contribution in [3.63, 3.8) is 0 Å². The minimum atomic E-state index is -5.13. The molecular weight excluding hydrogens is 534 g/mol. The van der Waals surface area contributed by atoms with E-state index in [-0.39, 0.29) is 31.0 Å². The molecule has 0 spiro atoms. The van der Waals surface area contributed by atoms with Crippen molar-refractivity contribution in [2.45, 2.75) is 90.0 Å². The average Bonchev–Trinajstić information content (AvgIpc) is 3.26. The number of alkyl halides is 6. The molecule has 0 radical (unpaired) electrons. The summed E-state index contributed by atoms with van der Waals surface area (Å²) in [6.07, 6.45) is -9.94. The quantitative estimate of drug-likeness (QED) is 0.433. The van der Waals surface area contributed by atoms with Crippen LogP contribution in [-0.4, -0.2) is 61.3 Å². The molecule has 1 saturated heterocycles. The number of ether oxygens (including phenoxy) is 1. The number of nitrogens with zero attached hydrogens (tertiary/aromatic N) is 6. The molecule has 1 fully saturated rings. The Morgan fingerprint density at radius 1 is 1.00 bits per heavy atom. The highest BCUT2D eigenvalue weighted by molar-refractivity contribution is 6.05. The summed E-state index contributed by atoms with van der Waals surface area (Å²) in [6, 6.07) is -0.905. The van der Waals surface area contributed by atoms with Crippen LogP contribution in [0.5, 0.6) is 0 Å². The number of piperidine rings is 1. The summed E-state index contributed by atoms with van der Waals surface area (Å²) >= 11 is 0. The maximum atomic E-state index is 13.7. The molecule has 1 aliphatic heterocycles. The van der Waals surface area contributed by atoms with E-state index in [1.54, 1.807) is 18.7 Å². The van der Waals surface area contributed by atoms with Crippen LogP contribution in [0.25, 0.3) is 0 Å². The Morgan fingerprint density at radius 2 is 1.51 bits per heavy atom. The van der Waals surface area contributed by atoms with E-state index in [9.17, 15) is 35.9 Å². The van der Waals surface area contributed by atoms with Crippen LogP contribution in [0.3, 0.4) is 0 Å². The van der Waals surface area contributed by atoms with E-state index in [2.05, 4.69) is 15.4 Å². The first kappa shape index (κ1) is 30.2. The average molecular weight is 565 g/mol. The van der Waals surface area contributed by atoms with Gasteiger partial charge in [-0.1, -0.05) is 18.9 Å². The van der Waals surface area contributed by atoms with E-state index < -0.39 is 59.2 Å². The number of aromatic nitrogens is 4. The van der Waals surface area contributed by atoms with Gasteiger partial charge in [-0.15, -0.1) is 5.10 Å². The molecule has 0 saturated carbocycles. The molecule has 9 nitrogen and oxygen atoms in total. The maximum absolute atomic E-state index is 13.7. The second-order valence-electron chi connectivity index (χ2n) is 9.64. The van der Waals surface area contributed by atoms with Crippen molar-refractivity contribution in [2.24, 2.45) is 7.05 Å². The Kier molecular flexibility index (Phi) is 8.80. The van der Waals surface area contributed by atoms with Gasteiger partial charge in [-0.25, -0.2) is 4.79 Å².